The van der Waals surface area contributed by atoms with Gasteiger partial charge >= 0.3 is 0 Å². The third kappa shape index (κ3) is 2.18. The van der Waals surface area contributed by atoms with E-state index in [1.165, 1.54) is 10.9 Å². The van der Waals surface area contributed by atoms with Crippen molar-refractivity contribution in [2.24, 2.45) is 0 Å². The van der Waals surface area contributed by atoms with E-state index >= 15 is 0 Å². The number of aryl methyl sites for hydroxylation is 1. The van der Waals surface area contributed by atoms with Gasteiger partial charge < -0.3 is 0 Å². The molecule has 70 valence electrons. The van der Waals surface area contributed by atoms with Gasteiger partial charge in [0.15, 0.2) is 0 Å². The van der Waals surface area contributed by atoms with Crippen molar-refractivity contribution in [3.05, 3.63) is 54.2 Å². The quantitative estimate of drug-likeness (QED) is 0.677. The van der Waals surface area contributed by atoms with E-state index in [0.717, 1.165) is 5.44 Å². The highest BCUT2D eigenvalue weighted by atomic mass is 31.1. The molecule has 0 amide bonds. The van der Waals surface area contributed by atoms with Gasteiger partial charge in [0, 0.05) is 6.20 Å². The first-order valence-corrected chi connectivity index (χ1v) is 5.60. The number of pyridine rings is 1. The number of hydrogen-bond donors (Lipinski definition) is 0. The van der Waals surface area contributed by atoms with Crippen LogP contribution < -0.4 is 10.7 Å². The zero-order valence-electron chi connectivity index (χ0n) is 8.07. The lowest BCUT2D eigenvalue weighted by Gasteiger charge is -2.04. The second kappa shape index (κ2) is 4.34. The van der Waals surface area contributed by atoms with E-state index < -0.39 is 0 Å². The molecule has 2 heteroatoms. The second-order valence-electron chi connectivity index (χ2n) is 3.15. The van der Waals surface area contributed by atoms with Gasteiger partial charge in [0.1, 0.15) is 0 Å². The van der Waals surface area contributed by atoms with Crippen molar-refractivity contribution in [3.63, 3.8) is 0 Å². The highest BCUT2D eigenvalue weighted by Crippen LogP contribution is 2.10. The van der Waals surface area contributed by atoms with Gasteiger partial charge in [-0.05, 0) is 38.5 Å². The van der Waals surface area contributed by atoms with Crippen LogP contribution >= 0.6 is 8.58 Å². The van der Waals surface area contributed by atoms with Crippen LogP contribution in [-0.4, -0.2) is 4.98 Å². The lowest BCUT2D eigenvalue weighted by molar-refractivity contribution is 1.39. The summed E-state index contributed by atoms with van der Waals surface area (Å²) in [6.07, 6.45) is 1.85. The molecule has 1 aromatic carbocycles. The minimum atomic E-state index is 0.664. The Hall–Kier alpha value is -1.20. The Bertz CT molecular complexity index is 412. The summed E-state index contributed by atoms with van der Waals surface area (Å²) in [4.78, 5) is 4.33. The fourth-order valence-electron chi connectivity index (χ4n) is 1.29. The number of nitrogens with zero attached hydrogens (tertiary/aromatic N) is 1. The van der Waals surface area contributed by atoms with E-state index in [1.54, 1.807) is 0 Å². The molecule has 14 heavy (non-hydrogen) atoms. The van der Waals surface area contributed by atoms with Gasteiger partial charge in [-0.1, -0.05) is 30.3 Å². The van der Waals surface area contributed by atoms with Crippen LogP contribution in [0.1, 0.15) is 5.56 Å². The second-order valence-corrected chi connectivity index (χ2v) is 4.46. The maximum Gasteiger partial charge on any atom is 0.0645 e. The van der Waals surface area contributed by atoms with E-state index in [-0.39, 0.29) is 0 Å². The minimum Gasteiger partial charge on any atom is -0.256 e. The van der Waals surface area contributed by atoms with E-state index in [2.05, 4.69) is 42.2 Å². The highest BCUT2D eigenvalue weighted by Gasteiger charge is 1.98. The van der Waals surface area contributed by atoms with Crippen LogP contribution in [0.25, 0.3) is 0 Å². The molecule has 1 aromatic heterocycles. The summed E-state index contributed by atoms with van der Waals surface area (Å²) in [6.45, 7) is 2.14. The third-order valence-electron chi connectivity index (χ3n) is 2.07. The van der Waals surface area contributed by atoms with E-state index in [0.29, 0.717) is 8.58 Å². The summed E-state index contributed by atoms with van der Waals surface area (Å²) in [7, 11) is 0.664. The van der Waals surface area contributed by atoms with Crippen LogP contribution in [0.3, 0.4) is 0 Å². The standard InChI is InChI=1S/C12H12NP/c1-10-6-2-3-7-11(10)14-12-8-4-5-9-13-12/h2-9,14H,1H3. The SMILES string of the molecule is Cc1ccccc1Pc1ccccn1. The summed E-state index contributed by atoms with van der Waals surface area (Å²) in [5, 5.41) is 1.38. The molecule has 2 rings (SSSR count). The average Bonchev–Trinajstić information content (AvgIpc) is 2.23. The molecule has 1 atom stereocenters. The molecular weight excluding hydrogens is 189 g/mol. The first kappa shape index (κ1) is 9.36. The fourth-order valence-corrected chi connectivity index (χ4v) is 2.34. The third-order valence-corrected chi connectivity index (χ3v) is 3.45. The number of aromatic nitrogens is 1. The summed E-state index contributed by atoms with van der Waals surface area (Å²) in [5.74, 6) is 0. The predicted molar refractivity (Wildman–Crippen MR) is 63.0 cm³/mol. The van der Waals surface area contributed by atoms with Crippen molar-refractivity contribution in [1.29, 1.82) is 0 Å². The molecule has 1 nitrogen and oxygen atoms in total. The number of benzene rings is 1. The van der Waals surface area contributed by atoms with Gasteiger partial charge in [-0.3, -0.25) is 4.98 Å². The first-order chi connectivity index (χ1) is 6.86. The van der Waals surface area contributed by atoms with Gasteiger partial charge in [0.05, 0.1) is 5.44 Å². The normalized spacial score (nSPS) is 10.9. The Morgan fingerprint density at radius 2 is 1.79 bits per heavy atom. The molecule has 0 aliphatic heterocycles. The molecule has 0 N–H and O–H groups in total. The largest absolute Gasteiger partial charge is 0.256 e. The molecular formula is C12H12NP. The maximum absolute atomic E-state index is 4.33. The topological polar surface area (TPSA) is 12.9 Å². The maximum atomic E-state index is 4.33. The lowest BCUT2D eigenvalue weighted by atomic mass is 10.2. The lowest BCUT2D eigenvalue weighted by Crippen LogP contribution is -2.08. The van der Waals surface area contributed by atoms with Crippen LogP contribution in [0, 0.1) is 6.92 Å². The van der Waals surface area contributed by atoms with Crippen molar-refractivity contribution < 1.29 is 0 Å². The van der Waals surface area contributed by atoms with Crippen molar-refractivity contribution in [2.75, 3.05) is 0 Å². The first-order valence-electron chi connectivity index (χ1n) is 4.60. The molecule has 2 aromatic rings. The van der Waals surface area contributed by atoms with Crippen molar-refractivity contribution in [3.8, 4) is 0 Å². The van der Waals surface area contributed by atoms with Crippen molar-refractivity contribution >= 4 is 19.3 Å². The van der Waals surface area contributed by atoms with Crippen LogP contribution in [-0.2, 0) is 0 Å². The van der Waals surface area contributed by atoms with Gasteiger partial charge in [-0.2, -0.15) is 0 Å². The fraction of sp³-hybridized carbons (Fsp3) is 0.0833. The monoisotopic (exact) mass is 201 g/mol. The van der Waals surface area contributed by atoms with Crippen molar-refractivity contribution in [2.45, 2.75) is 6.92 Å². The summed E-state index contributed by atoms with van der Waals surface area (Å²) >= 11 is 0. The molecule has 0 aliphatic carbocycles. The van der Waals surface area contributed by atoms with Gasteiger partial charge in [-0.15, -0.1) is 0 Å². The molecule has 0 spiro atoms. The van der Waals surface area contributed by atoms with Crippen LogP contribution in [0.15, 0.2) is 48.7 Å². The summed E-state index contributed by atoms with van der Waals surface area (Å²) in [5.41, 5.74) is 2.50. The highest BCUT2D eigenvalue weighted by molar-refractivity contribution is 7.55. The number of rotatable bonds is 2. The van der Waals surface area contributed by atoms with Gasteiger partial charge in [0.2, 0.25) is 0 Å². The molecule has 0 bridgehead atoms. The van der Waals surface area contributed by atoms with Crippen LogP contribution in [0.4, 0.5) is 0 Å². The zero-order valence-corrected chi connectivity index (χ0v) is 9.07. The number of hydrogen-bond acceptors (Lipinski definition) is 1. The molecule has 0 aliphatic rings. The smallest absolute Gasteiger partial charge is 0.0645 e. The Labute approximate surface area is 86.0 Å². The van der Waals surface area contributed by atoms with E-state index in [4.69, 9.17) is 0 Å². The van der Waals surface area contributed by atoms with Gasteiger partial charge in [0.25, 0.3) is 0 Å². The molecule has 1 heterocycles. The summed E-state index contributed by atoms with van der Waals surface area (Å²) < 4.78 is 0. The van der Waals surface area contributed by atoms with E-state index in [1.807, 2.05) is 18.3 Å². The minimum absolute atomic E-state index is 0.664. The Morgan fingerprint density at radius 1 is 1.00 bits per heavy atom. The van der Waals surface area contributed by atoms with Crippen LogP contribution in [0.5, 0.6) is 0 Å². The Balaban J connectivity index is 2.24. The predicted octanol–water partition coefficient (Wildman–Crippen LogP) is 2.02. The van der Waals surface area contributed by atoms with Crippen LogP contribution in [0.2, 0.25) is 0 Å². The average molecular weight is 201 g/mol. The zero-order chi connectivity index (χ0) is 9.80. The summed E-state index contributed by atoms with van der Waals surface area (Å²) in [6, 6.07) is 14.5. The molecule has 0 saturated heterocycles. The molecule has 1 unspecified atom stereocenters. The Morgan fingerprint density at radius 3 is 2.50 bits per heavy atom. The Kier molecular flexibility index (Phi) is 2.90. The van der Waals surface area contributed by atoms with Crippen molar-refractivity contribution in [1.82, 2.24) is 4.98 Å². The van der Waals surface area contributed by atoms with E-state index in [9.17, 15) is 0 Å². The molecule has 0 fully saturated rings. The molecule has 0 radical (unpaired) electrons. The molecule has 0 saturated carbocycles. The van der Waals surface area contributed by atoms with Gasteiger partial charge in [-0.25, -0.2) is 0 Å².